The number of pyridine rings is 1. The Hall–Kier alpha value is -0.740. The van der Waals surface area contributed by atoms with Gasteiger partial charge in [-0.25, -0.2) is 4.98 Å². The van der Waals surface area contributed by atoms with Crippen LogP contribution in [0.5, 0.6) is 0 Å². The van der Waals surface area contributed by atoms with E-state index >= 15 is 0 Å². The lowest BCUT2D eigenvalue weighted by Gasteiger charge is -2.19. The molecule has 0 saturated carbocycles. The van der Waals surface area contributed by atoms with Crippen LogP contribution in [-0.4, -0.2) is 23.6 Å². The van der Waals surface area contributed by atoms with Crippen LogP contribution in [0.15, 0.2) is 12.3 Å². The number of halogens is 1. The molecule has 0 spiro atoms. The summed E-state index contributed by atoms with van der Waals surface area (Å²) in [6, 6.07) is 1.69. The van der Waals surface area contributed by atoms with Crippen LogP contribution in [0.1, 0.15) is 24.2 Å². The number of aromatic nitrogens is 1. The second-order valence-electron chi connectivity index (χ2n) is 3.33. The van der Waals surface area contributed by atoms with Crippen LogP contribution in [0.25, 0.3) is 0 Å². The van der Waals surface area contributed by atoms with Gasteiger partial charge >= 0.3 is 0 Å². The van der Waals surface area contributed by atoms with Crippen molar-refractivity contribution in [1.29, 1.82) is 0 Å². The third-order valence-corrected chi connectivity index (χ3v) is 2.93. The minimum Gasteiger partial charge on any atom is -0.303 e. The van der Waals surface area contributed by atoms with Gasteiger partial charge in [0.15, 0.2) is 6.29 Å². The van der Waals surface area contributed by atoms with E-state index in [4.69, 9.17) is 11.6 Å². The van der Waals surface area contributed by atoms with Crippen LogP contribution in [0, 0.1) is 0 Å². The first-order valence-corrected chi connectivity index (χ1v) is 5.77. The fourth-order valence-electron chi connectivity index (χ4n) is 1.08. The van der Waals surface area contributed by atoms with E-state index in [1.165, 1.54) is 6.20 Å². The Bertz CT molecular complexity index is 357. The van der Waals surface area contributed by atoms with Crippen molar-refractivity contribution in [3.05, 3.63) is 22.8 Å². The molecular weight excluding hydrogens is 232 g/mol. The van der Waals surface area contributed by atoms with E-state index in [-0.39, 0.29) is 0 Å². The van der Waals surface area contributed by atoms with Crippen LogP contribution in [0.4, 0.5) is 5.82 Å². The van der Waals surface area contributed by atoms with E-state index in [1.54, 1.807) is 18.0 Å². The number of nitrogens with zero attached hydrogens (tertiary/aromatic N) is 2. The van der Waals surface area contributed by atoms with Gasteiger partial charge in [0, 0.05) is 24.1 Å². The molecule has 0 aliphatic carbocycles. The Morgan fingerprint density at radius 3 is 2.80 bits per heavy atom. The molecule has 0 unspecified atom stereocenters. The Balaban J connectivity index is 2.90. The predicted octanol–water partition coefficient (Wildman–Crippen LogP) is 3.04. The van der Waals surface area contributed by atoms with E-state index in [2.05, 4.69) is 18.8 Å². The summed E-state index contributed by atoms with van der Waals surface area (Å²) in [5, 5.41) is 0.851. The summed E-state index contributed by atoms with van der Waals surface area (Å²) in [5.41, 5.74) is 0.470. The van der Waals surface area contributed by atoms with E-state index in [0.717, 1.165) is 12.1 Å². The summed E-state index contributed by atoms with van der Waals surface area (Å²) in [5.74, 6) is 0.736. The quantitative estimate of drug-likeness (QED) is 0.602. The lowest BCUT2D eigenvalue weighted by atomic mass is 10.3. The van der Waals surface area contributed by atoms with Gasteiger partial charge in [0.2, 0.25) is 0 Å². The van der Waals surface area contributed by atoms with Crippen molar-refractivity contribution in [2.45, 2.75) is 19.1 Å². The highest BCUT2D eigenvalue weighted by Gasteiger charge is 2.08. The van der Waals surface area contributed by atoms with Crippen molar-refractivity contribution in [3.63, 3.8) is 0 Å². The van der Waals surface area contributed by atoms with Crippen molar-refractivity contribution in [2.75, 3.05) is 11.4 Å². The predicted molar refractivity (Wildman–Crippen MR) is 65.8 cm³/mol. The minimum atomic E-state index is 0.386. The fraction of sp³-hybridized carbons (Fsp3) is 0.400. The maximum Gasteiger partial charge on any atom is 0.151 e. The Labute approximate surface area is 99.0 Å². The van der Waals surface area contributed by atoms with Gasteiger partial charge in [-0.15, -0.1) is 0 Å². The molecule has 1 rings (SSSR count). The van der Waals surface area contributed by atoms with Crippen molar-refractivity contribution >= 4 is 35.7 Å². The largest absolute Gasteiger partial charge is 0.303 e. The van der Waals surface area contributed by atoms with Gasteiger partial charge in [0.1, 0.15) is 5.82 Å². The molecule has 0 saturated heterocycles. The molecule has 0 atom stereocenters. The molecule has 5 heteroatoms. The summed E-state index contributed by atoms with van der Waals surface area (Å²) in [6.07, 6.45) is 2.24. The zero-order valence-electron chi connectivity index (χ0n) is 8.90. The molecule has 0 bridgehead atoms. The maximum absolute atomic E-state index is 10.7. The zero-order chi connectivity index (χ0) is 11.4. The van der Waals surface area contributed by atoms with Crippen LogP contribution >= 0.6 is 23.5 Å². The van der Waals surface area contributed by atoms with Crippen LogP contribution in [0.2, 0.25) is 5.02 Å². The van der Waals surface area contributed by atoms with E-state index in [1.807, 2.05) is 11.4 Å². The first-order valence-electron chi connectivity index (χ1n) is 4.55. The monoisotopic (exact) mass is 244 g/mol. The number of anilines is 1. The van der Waals surface area contributed by atoms with Crippen molar-refractivity contribution < 1.29 is 4.79 Å². The van der Waals surface area contributed by atoms with Gasteiger partial charge in [0.25, 0.3) is 0 Å². The molecule has 1 heterocycles. The molecule has 0 N–H and O–H groups in total. The molecule has 0 aliphatic heterocycles. The molecule has 0 aromatic carbocycles. The summed E-state index contributed by atoms with van der Waals surface area (Å²) in [7, 11) is 1.91. The molecule has 0 fully saturated rings. The fourth-order valence-corrected chi connectivity index (χ4v) is 2.06. The highest BCUT2D eigenvalue weighted by atomic mass is 35.5. The summed E-state index contributed by atoms with van der Waals surface area (Å²) in [4.78, 5) is 14.8. The minimum absolute atomic E-state index is 0.386. The summed E-state index contributed by atoms with van der Waals surface area (Å²) in [6.45, 7) is 4.19. The molecule has 0 amide bonds. The van der Waals surface area contributed by atoms with Crippen LogP contribution in [0.3, 0.4) is 0 Å². The lowest BCUT2D eigenvalue weighted by molar-refractivity contribution is 0.112. The third-order valence-electron chi connectivity index (χ3n) is 1.69. The Morgan fingerprint density at radius 1 is 1.60 bits per heavy atom. The van der Waals surface area contributed by atoms with Crippen molar-refractivity contribution in [1.82, 2.24) is 4.98 Å². The first-order chi connectivity index (χ1) is 7.04. The Morgan fingerprint density at radius 2 is 2.27 bits per heavy atom. The van der Waals surface area contributed by atoms with E-state index < -0.39 is 0 Å². The number of aldehydes is 1. The zero-order valence-corrected chi connectivity index (χ0v) is 10.5. The first kappa shape index (κ1) is 12.3. The second kappa shape index (κ2) is 5.37. The van der Waals surface area contributed by atoms with Gasteiger partial charge < -0.3 is 4.31 Å². The smallest absolute Gasteiger partial charge is 0.151 e. The summed E-state index contributed by atoms with van der Waals surface area (Å²) < 4.78 is 1.92. The Kier molecular flexibility index (Phi) is 4.42. The topological polar surface area (TPSA) is 33.2 Å². The average Bonchev–Trinajstić information content (AvgIpc) is 2.17. The number of carbonyl (C=O) groups is 1. The number of hydrogen-bond acceptors (Lipinski definition) is 4. The second-order valence-corrected chi connectivity index (χ2v) is 5.44. The molecule has 1 aromatic heterocycles. The van der Waals surface area contributed by atoms with Crippen LogP contribution in [-0.2, 0) is 0 Å². The van der Waals surface area contributed by atoms with Gasteiger partial charge in [-0.2, -0.15) is 0 Å². The third kappa shape index (κ3) is 3.39. The van der Waals surface area contributed by atoms with Crippen molar-refractivity contribution in [2.24, 2.45) is 0 Å². The SMILES string of the molecule is CC(C)SN(C)c1cc(C=O)c(Cl)cn1. The molecule has 0 radical (unpaired) electrons. The van der Waals surface area contributed by atoms with Crippen molar-refractivity contribution in [3.8, 4) is 0 Å². The van der Waals surface area contributed by atoms with Gasteiger partial charge in [-0.1, -0.05) is 25.4 Å². The number of hydrogen-bond donors (Lipinski definition) is 0. The molecular formula is C10H13ClN2OS. The number of carbonyl (C=O) groups excluding carboxylic acids is 1. The highest BCUT2D eigenvalue weighted by Crippen LogP contribution is 2.24. The van der Waals surface area contributed by atoms with Gasteiger partial charge in [0.05, 0.1) is 5.02 Å². The molecule has 3 nitrogen and oxygen atoms in total. The molecule has 1 aromatic rings. The lowest BCUT2D eigenvalue weighted by Crippen LogP contribution is -2.12. The number of rotatable bonds is 4. The molecule has 0 aliphatic rings. The summed E-state index contributed by atoms with van der Waals surface area (Å²) >= 11 is 7.43. The highest BCUT2D eigenvalue weighted by molar-refractivity contribution is 8.01. The normalized spacial score (nSPS) is 10.5. The van der Waals surface area contributed by atoms with Crippen LogP contribution < -0.4 is 4.31 Å². The molecule has 82 valence electrons. The van der Waals surface area contributed by atoms with Gasteiger partial charge in [-0.05, 0) is 18.0 Å². The molecule has 15 heavy (non-hydrogen) atoms. The maximum atomic E-state index is 10.7. The standard InChI is InChI=1S/C10H13ClN2OS/c1-7(2)15-13(3)10-4-8(6-14)9(11)5-12-10/h4-7H,1-3H3. The average molecular weight is 245 g/mol. The van der Waals surface area contributed by atoms with Gasteiger partial charge in [-0.3, -0.25) is 4.79 Å². The van der Waals surface area contributed by atoms with E-state index in [9.17, 15) is 4.79 Å². The van der Waals surface area contributed by atoms with E-state index in [0.29, 0.717) is 15.8 Å².